The summed E-state index contributed by atoms with van der Waals surface area (Å²) in [6.45, 7) is 1.93. The number of para-hydroxylation sites is 1. The van der Waals surface area contributed by atoms with Crippen LogP contribution < -0.4 is 10.3 Å². The Morgan fingerprint density at radius 1 is 0.962 bits per heavy atom. The molecule has 0 unspecified atom stereocenters. The third-order valence-corrected chi connectivity index (χ3v) is 4.32. The van der Waals surface area contributed by atoms with Crippen molar-refractivity contribution in [1.82, 2.24) is 14.5 Å². The molecule has 0 N–H and O–H groups in total. The molecule has 0 aliphatic carbocycles. The number of nitrogens with zero attached hydrogens (tertiary/aromatic N) is 3. The lowest BCUT2D eigenvalue weighted by Crippen LogP contribution is -2.23. The van der Waals surface area contributed by atoms with Crippen LogP contribution in [0.4, 0.5) is 0 Å². The van der Waals surface area contributed by atoms with Crippen molar-refractivity contribution in [1.29, 1.82) is 0 Å². The summed E-state index contributed by atoms with van der Waals surface area (Å²) >= 11 is 0. The number of aryl methyl sites for hydroxylation is 1. The smallest absolute Gasteiger partial charge is 0.267 e. The van der Waals surface area contributed by atoms with Crippen molar-refractivity contribution in [2.75, 3.05) is 7.11 Å². The molecule has 2 aromatic heterocycles. The van der Waals surface area contributed by atoms with Gasteiger partial charge in [0.25, 0.3) is 5.56 Å². The van der Waals surface area contributed by atoms with Gasteiger partial charge >= 0.3 is 0 Å². The molecular formula is C21H17N3O2. The molecule has 2 heterocycles. The summed E-state index contributed by atoms with van der Waals surface area (Å²) in [5.74, 6) is 1.89. The van der Waals surface area contributed by atoms with Crippen molar-refractivity contribution in [2.24, 2.45) is 0 Å². The highest BCUT2D eigenvalue weighted by Crippen LogP contribution is 2.24. The SMILES string of the molecule is COc1ccc(-c2nc3ccccc3c(=O)n2-c2ncccc2C)cc1. The molecule has 4 aromatic rings. The van der Waals surface area contributed by atoms with E-state index in [0.717, 1.165) is 16.9 Å². The zero-order valence-corrected chi connectivity index (χ0v) is 14.5. The van der Waals surface area contributed by atoms with Gasteiger partial charge in [-0.25, -0.2) is 14.5 Å². The quantitative estimate of drug-likeness (QED) is 0.568. The van der Waals surface area contributed by atoms with E-state index < -0.39 is 0 Å². The summed E-state index contributed by atoms with van der Waals surface area (Å²) in [5, 5.41) is 0.565. The molecule has 0 amide bonds. The Kier molecular flexibility index (Phi) is 3.97. The van der Waals surface area contributed by atoms with Crippen molar-refractivity contribution in [2.45, 2.75) is 6.92 Å². The maximum Gasteiger partial charge on any atom is 0.267 e. The first kappa shape index (κ1) is 16.0. The predicted octanol–water partition coefficient (Wildman–Crippen LogP) is 3.76. The number of hydrogen-bond donors (Lipinski definition) is 0. The second kappa shape index (κ2) is 6.44. The fourth-order valence-corrected chi connectivity index (χ4v) is 2.97. The first-order valence-corrected chi connectivity index (χ1v) is 8.27. The summed E-state index contributed by atoms with van der Waals surface area (Å²) < 4.78 is 6.81. The standard InChI is InChI=1S/C21H17N3O2/c1-14-6-5-13-22-19(14)24-20(15-9-11-16(26-2)12-10-15)23-18-8-4-3-7-17(18)21(24)25/h3-13H,1-2H3. The van der Waals surface area contributed by atoms with Crippen LogP contribution in [-0.4, -0.2) is 21.6 Å². The van der Waals surface area contributed by atoms with Gasteiger partial charge in [-0.2, -0.15) is 0 Å². The van der Waals surface area contributed by atoms with E-state index in [1.54, 1.807) is 23.9 Å². The molecule has 128 valence electrons. The summed E-state index contributed by atoms with van der Waals surface area (Å²) in [4.78, 5) is 22.5. The minimum atomic E-state index is -0.136. The van der Waals surface area contributed by atoms with Gasteiger partial charge in [-0.15, -0.1) is 0 Å². The lowest BCUT2D eigenvalue weighted by molar-refractivity contribution is 0.415. The van der Waals surface area contributed by atoms with E-state index in [4.69, 9.17) is 9.72 Å². The van der Waals surface area contributed by atoms with Crippen LogP contribution in [0, 0.1) is 6.92 Å². The van der Waals surface area contributed by atoms with Crippen molar-refractivity contribution in [3.63, 3.8) is 0 Å². The van der Waals surface area contributed by atoms with Crippen LogP contribution in [0.3, 0.4) is 0 Å². The molecule has 0 spiro atoms. The van der Waals surface area contributed by atoms with E-state index in [-0.39, 0.29) is 5.56 Å². The fourth-order valence-electron chi connectivity index (χ4n) is 2.97. The number of aromatic nitrogens is 3. The van der Waals surface area contributed by atoms with Crippen LogP contribution in [-0.2, 0) is 0 Å². The van der Waals surface area contributed by atoms with Gasteiger partial charge < -0.3 is 4.74 Å². The molecule has 26 heavy (non-hydrogen) atoms. The Morgan fingerprint density at radius 3 is 2.46 bits per heavy atom. The summed E-state index contributed by atoms with van der Waals surface area (Å²) in [5.41, 5.74) is 2.25. The molecule has 0 saturated carbocycles. The number of fused-ring (bicyclic) bond motifs is 1. The number of methoxy groups -OCH3 is 1. The van der Waals surface area contributed by atoms with Crippen molar-refractivity contribution >= 4 is 10.9 Å². The number of benzene rings is 2. The van der Waals surface area contributed by atoms with Gasteiger partial charge in [0.05, 0.1) is 18.0 Å². The number of ether oxygens (including phenoxy) is 1. The highest BCUT2D eigenvalue weighted by molar-refractivity contribution is 5.80. The van der Waals surface area contributed by atoms with E-state index in [1.807, 2.05) is 61.5 Å². The van der Waals surface area contributed by atoms with Crippen LogP contribution in [0.5, 0.6) is 5.75 Å². The monoisotopic (exact) mass is 343 g/mol. The number of rotatable bonds is 3. The van der Waals surface area contributed by atoms with E-state index in [1.165, 1.54) is 0 Å². The van der Waals surface area contributed by atoms with Crippen LogP contribution in [0.1, 0.15) is 5.56 Å². The Labute approximate surface area is 150 Å². The molecule has 0 bridgehead atoms. The molecule has 0 saturated heterocycles. The molecular weight excluding hydrogens is 326 g/mol. The number of hydrogen-bond acceptors (Lipinski definition) is 4. The van der Waals surface area contributed by atoms with E-state index in [9.17, 15) is 4.79 Å². The summed E-state index contributed by atoms with van der Waals surface area (Å²) in [6.07, 6.45) is 1.68. The fraction of sp³-hybridized carbons (Fsp3) is 0.0952. The van der Waals surface area contributed by atoms with Gasteiger partial charge in [0.2, 0.25) is 0 Å². The molecule has 0 aliphatic heterocycles. The van der Waals surface area contributed by atoms with Gasteiger partial charge in [-0.1, -0.05) is 18.2 Å². The topological polar surface area (TPSA) is 57.0 Å². The Bertz CT molecular complexity index is 1150. The normalized spacial score (nSPS) is 10.8. The third kappa shape index (κ3) is 2.63. The lowest BCUT2D eigenvalue weighted by Gasteiger charge is -2.15. The first-order valence-electron chi connectivity index (χ1n) is 8.27. The summed E-state index contributed by atoms with van der Waals surface area (Å²) in [6, 6.07) is 18.6. The van der Waals surface area contributed by atoms with Gasteiger partial charge in [0.15, 0.2) is 0 Å². The average molecular weight is 343 g/mol. The van der Waals surface area contributed by atoms with Crippen molar-refractivity contribution < 1.29 is 4.74 Å². The molecule has 0 fully saturated rings. The predicted molar refractivity (Wildman–Crippen MR) is 102 cm³/mol. The van der Waals surface area contributed by atoms with Crippen LogP contribution in [0.25, 0.3) is 28.1 Å². The largest absolute Gasteiger partial charge is 0.497 e. The number of pyridine rings is 1. The average Bonchev–Trinajstić information content (AvgIpc) is 2.69. The highest BCUT2D eigenvalue weighted by Gasteiger charge is 2.16. The van der Waals surface area contributed by atoms with Gasteiger partial charge in [0, 0.05) is 11.8 Å². The minimum Gasteiger partial charge on any atom is -0.497 e. The summed E-state index contributed by atoms with van der Waals surface area (Å²) in [7, 11) is 1.62. The lowest BCUT2D eigenvalue weighted by atomic mass is 10.1. The first-order chi connectivity index (χ1) is 12.7. The zero-order valence-electron chi connectivity index (χ0n) is 14.5. The molecule has 2 aromatic carbocycles. The van der Waals surface area contributed by atoms with Crippen LogP contribution in [0.2, 0.25) is 0 Å². The molecule has 4 rings (SSSR count). The molecule has 5 nitrogen and oxygen atoms in total. The third-order valence-electron chi connectivity index (χ3n) is 4.32. The van der Waals surface area contributed by atoms with E-state index in [2.05, 4.69) is 4.98 Å². The minimum absolute atomic E-state index is 0.136. The van der Waals surface area contributed by atoms with Gasteiger partial charge in [-0.05, 0) is 55.0 Å². The Balaban J connectivity index is 2.08. The van der Waals surface area contributed by atoms with Gasteiger partial charge in [-0.3, -0.25) is 4.79 Å². The van der Waals surface area contributed by atoms with Crippen molar-refractivity contribution in [3.8, 4) is 23.0 Å². The van der Waals surface area contributed by atoms with Gasteiger partial charge in [0.1, 0.15) is 17.4 Å². The molecule has 0 radical (unpaired) electrons. The van der Waals surface area contributed by atoms with E-state index >= 15 is 0 Å². The second-order valence-corrected chi connectivity index (χ2v) is 5.97. The molecule has 0 atom stereocenters. The second-order valence-electron chi connectivity index (χ2n) is 5.97. The maximum absolute atomic E-state index is 13.3. The van der Waals surface area contributed by atoms with Crippen LogP contribution in [0.15, 0.2) is 71.7 Å². The molecule has 5 heteroatoms. The van der Waals surface area contributed by atoms with Crippen LogP contribution >= 0.6 is 0 Å². The zero-order chi connectivity index (χ0) is 18.1. The Hall–Kier alpha value is -3.47. The highest BCUT2D eigenvalue weighted by atomic mass is 16.5. The maximum atomic E-state index is 13.3. The molecule has 0 aliphatic rings. The van der Waals surface area contributed by atoms with Crippen molar-refractivity contribution in [3.05, 3.63) is 82.8 Å². The van der Waals surface area contributed by atoms with E-state index in [0.29, 0.717) is 22.5 Å². The Morgan fingerprint density at radius 2 is 1.73 bits per heavy atom.